The van der Waals surface area contributed by atoms with Gasteiger partial charge in [0.05, 0.1) is 14.2 Å². The highest BCUT2D eigenvalue weighted by Crippen LogP contribution is 2.49. The van der Waals surface area contributed by atoms with Gasteiger partial charge in [0.2, 0.25) is 0 Å². The molecule has 0 N–H and O–H groups in total. The van der Waals surface area contributed by atoms with Crippen molar-refractivity contribution in [3.05, 3.63) is 23.8 Å². The second-order valence-corrected chi connectivity index (χ2v) is 4.21. The van der Waals surface area contributed by atoms with Gasteiger partial charge in [-0.1, -0.05) is 0 Å². The van der Waals surface area contributed by atoms with Gasteiger partial charge in [-0.05, 0) is 37.0 Å². The quantitative estimate of drug-likeness (QED) is 0.781. The number of ketones is 1. The number of carbonyl (C=O) groups excluding carboxylic acids is 1. The van der Waals surface area contributed by atoms with Gasteiger partial charge in [0.15, 0.2) is 0 Å². The predicted octanol–water partition coefficient (Wildman–Crippen LogP) is 2.40. The summed E-state index contributed by atoms with van der Waals surface area (Å²) in [5.74, 6) is 2.37. The first-order valence-electron chi connectivity index (χ1n) is 5.39. The smallest absolute Gasteiger partial charge is 0.133 e. The molecule has 0 spiro atoms. The van der Waals surface area contributed by atoms with E-state index in [2.05, 4.69) is 0 Å². The van der Waals surface area contributed by atoms with Crippen molar-refractivity contribution in [2.45, 2.75) is 19.3 Å². The van der Waals surface area contributed by atoms with Crippen LogP contribution in [0.3, 0.4) is 0 Å². The third-order valence-corrected chi connectivity index (χ3v) is 3.11. The van der Waals surface area contributed by atoms with Crippen LogP contribution in [-0.4, -0.2) is 20.0 Å². The molecule has 2 atom stereocenters. The van der Waals surface area contributed by atoms with Crippen LogP contribution in [0, 0.1) is 5.92 Å². The van der Waals surface area contributed by atoms with E-state index in [1.54, 1.807) is 21.1 Å². The van der Waals surface area contributed by atoms with Crippen molar-refractivity contribution in [3.8, 4) is 11.5 Å². The monoisotopic (exact) mass is 220 g/mol. The van der Waals surface area contributed by atoms with Crippen molar-refractivity contribution >= 4 is 5.78 Å². The highest BCUT2D eigenvalue weighted by Gasteiger charge is 2.42. The van der Waals surface area contributed by atoms with Crippen LogP contribution >= 0.6 is 0 Å². The van der Waals surface area contributed by atoms with Crippen molar-refractivity contribution in [2.24, 2.45) is 5.92 Å². The number of ether oxygens (including phenoxy) is 2. The lowest BCUT2D eigenvalue weighted by atomic mass is 10.1. The van der Waals surface area contributed by atoms with Gasteiger partial charge >= 0.3 is 0 Å². The molecule has 0 bridgehead atoms. The lowest BCUT2D eigenvalue weighted by Crippen LogP contribution is -1.96. The molecule has 1 saturated carbocycles. The highest BCUT2D eigenvalue weighted by molar-refractivity contribution is 5.82. The van der Waals surface area contributed by atoms with Gasteiger partial charge in [-0.3, -0.25) is 4.79 Å². The third-order valence-electron chi connectivity index (χ3n) is 3.11. The van der Waals surface area contributed by atoms with Crippen LogP contribution in [0.15, 0.2) is 18.2 Å². The molecule has 3 heteroatoms. The Morgan fingerprint density at radius 1 is 1.19 bits per heavy atom. The third kappa shape index (κ3) is 2.03. The minimum Gasteiger partial charge on any atom is -0.497 e. The topological polar surface area (TPSA) is 35.5 Å². The molecule has 1 aromatic rings. The number of hydrogen-bond acceptors (Lipinski definition) is 3. The lowest BCUT2D eigenvalue weighted by molar-refractivity contribution is -0.118. The Morgan fingerprint density at radius 3 is 2.12 bits per heavy atom. The van der Waals surface area contributed by atoms with E-state index in [9.17, 15) is 4.79 Å². The molecular formula is C13H16O3. The Labute approximate surface area is 95.4 Å². The number of methoxy groups -OCH3 is 2. The molecule has 86 valence electrons. The SMILES string of the molecule is COc1cc(OC)cc([C@@H]2C[C@@H]2C(C)=O)c1. The average molecular weight is 220 g/mol. The normalized spacial score (nSPS) is 22.7. The summed E-state index contributed by atoms with van der Waals surface area (Å²) < 4.78 is 10.4. The van der Waals surface area contributed by atoms with E-state index >= 15 is 0 Å². The number of carbonyl (C=O) groups is 1. The van der Waals surface area contributed by atoms with Crippen molar-refractivity contribution in [1.82, 2.24) is 0 Å². The molecule has 0 aromatic heterocycles. The molecule has 16 heavy (non-hydrogen) atoms. The number of rotatable bonds is 4. The maximum atomic E-state index is 11.2. The largest absolute Gasteiger partial charge is 0.497 e. The fourth-order valence-corrected chi connectivity index (χ4v) is 2.06. The summed E-state index contributed by atoms with van der Waals surface area (Å²) in [6.07, 6.45) is 0.950. The summed E-state index contributed by atoms with van der Waals surface area (Å²) in [6, 6.07) is 5.81. The molecular weight excluding hydrogens is 204 g/mol. The van der Waals surface area contributed by atoms with Crippen LogP contribution in [-0.2, 0) is 4.79 Å². The predicted molar refractivity (Wildman–Crippen MR) is 61.1 cm³/mol. The first-order valence-corrected chi connectivity index (χ1v) is 5.39. The lowest BCUT2D eigenvalue weighted by Gasteiger charge is -2.07. The van der Waals surface area contributed by atoms with E-state index in [1.807, 2.05) is 18.2 Å². The summed E-state index contributed by atoms with van der Waals surface area (Å²) in [5.41, 5.74) is 1.14. The molecule has 0 unspecified atom stereocenters. The minimum absolute atomic E-state index is 0.191. The molecule has 1 aliphatic rings. The van der Waals surface area contributed by atoms with E-state index in [4.69, 9.17) is 9.47 Å². The zero-order valence-electron chi connectivity index (χ0n) is 9.82. The standard InChI is InChI=1S/C13H16O3/c1-8(14)12-7-13(12)9-4-10(15-2)6-11(5-9)16-3/h4-6,12-13H,7H2,1-3H3/t12-,13+/m1/s1. The van der Waals surface area contributed by atoms with E-state index in [-0.39, 0.29) is 11.7 Å². The molecule has 2 rings (SSSR count). The first kappa shape index (κ1) is 11.0. The Bertz CT molecular complexity index is 389. The van der Waals surface area contributed by atoms with Crippen LogP contribution < -0.4 is 9.47 Å². The van der Waals surface area contributed by atoms with E-state index < -0.39 is 0 Å². The summed E-state index contributed by atoms with van der Waals surface area (Å²) in [7, 11) is 3.27. The van der Waals surface area contributed by atoms with Gasteiger partial charge in [-0.2, -0.15) is 0 Å². The van der Waals surface area contributed by atoms with Gasteiger partial charge in [0.1, 0.15) is 17.3 Å². The number of benzene rings is 1. The summed E-state index contributed by atoms with van der Waals surface area (Å²) in [6.45, 7) is 1.65. The van der Waals surface area contributed by atoms with E-state index in [1.165, 1.54) is 0 Å². The first-order chi connectivity index (χ1) is 7.65. The Hall–Kier alpha value is -1.51. The van der Waals surface area contributed by atoms with Crippen LogP contribution in [0.4, 0.5) is 0 Å². The minimum atomic E-state index is 0.191. The molecule has 0 amide bonds. The van der Waals surface area contributed by atoms with Crippen LogP contribution in [0.2, 0.25) is 0 Å². The molecule has 0 aliphatic heterocycles. The highest BCUT2D eigenvalue weighted by atomic mass is 16.5. The molecule has 1 aliphatic carbocycles. The van der Waals surface area contributed by atoms with Crippen molar-refractivity contribution < 1.29 is 14.3 Å². The zero-order chi connectivity index (χ0) is 11.7. The molecule has 0 saturated heterocycles. The van der Waals surface area contributed by atoms with Crippen LogP contribution in [0.5, 0.6) is 11.5 Å². The maximum Gasteiger partial charge on any atom is 0.133 e. The number of Topliss-reactive ketones (excluding diaryl/α,β-unsaturated/α-hetero) is 1. The number of hydrogen-bond donors (Lipinski definition) is 0. The summed E-state index contributed by atoms with van der Waals surface area (Å²) >= 11 is 0. The molecule has 3 nitrogen and oxygen atoms in total. The average Bonchev–Trinajstić information content (AvgIpc) is 3.08. The van der Waals surface area contributed by atoms with Gasteiger partial charge < -0.3 is 9.47 Å². The Kier molecular flexibility index (Phi) is 2.86. The second kappa shape index (κ2) is 4.16. The molecule has 0 radical (unpaired) electrons. The summed E-state index contributed by atoms with van der Waals surface area (Å²) in [4.78, 5) is 11.2. The van der Waals surface area contributed by atoms with Crippen molar-refractivity contribution in [2.75, 3.05) is 14.2 Å². The molecule has 0 heterocycles. The van der Waals surface area contributed by atoms with Crippen LogP contribution in [0.1, 0.15) is 24.8 Å². The zero-order valence-corrected chi connectivity index (χ0v) is 9.82. The fraction of sp³-hybridized carbons (Fsp3) is 0.462. The van der Waals surface area contributed by atoms with Crippen molar-refractivity contribution in [3.63, 3.8) is 0 Å². The van der Waals surface area contributed by atoms with Gasteiger partial charge in [0.25, 0.3) is 0 Å². The Morgan fingerprint density at radius 2 is 1.75 bits per heavy atom. The maximum absolute atomic E-state index is 11.2. The molecule has 1 aromatic carbocycles. The van der Waals surface area contributed by atoms with Crippen LogP contribution in [0.25, 0.3) is 0 Å². The fourth-order valence-electron chi connectivity index (χ4n) is 2.06. The van der Waals surface area contributed by atoms with Gasteiger partial charge in [-0.15, -0.1) is 0 Å². The summed E-state index contributed by atoms with van der Waals surface area (Å²) in [5, 5.41) is 0. The van der Waals surface area contributed by atoms with Gasteiger partial charge in [-0.25, -0.2) is 0 Å². The van der Waals surface area contributed by atoms with E-state index in [0.29, 0.717) is 5.92 Å². The second-order valence-electron chi connectivity index (χ2n) is 4.21. The molecule has 1 fully saturated rings. The Balaban J connectivity index is 2.24. The van der Waals surface area contributed by atoms with E-state index in [0.717, 1.165) is 23.5 Å². The van der Waals surface area contributed by atoms with Crippen molar-refractivity contribution in [1.29, 1.82) is 0 Å². The van der Waals surface area contributed by atoms with Gasteiger partial charge in [0, 0.05) is 12.0 Å².